The second-order valence-corrected chi connectivity index (χ2v) is 7.53. The number of ether oxygens (including phenoxy) is 1. The Morgan fingerprint density at radius 1 is 1.00 bits per heavy atom. The van der Waals surface area contributed by atoms with E-state index in [4.69, 9.17) is 9.84 Å². The lowest BCUT2D eigenvalue weighted by Crippen LogP contribution is -2.24. The van der Waals surface area contributed by atoms with Gasteiger partial charge in [0.25, 0.3) is 5.91 Å². The molecule has 1 N–H and O–H groups in total. The Labute approximate surface area is 188 Å². The molecule has 0 atom stereocenters. The molecular formula is C24H19BrN4O2. The minimum atomic E-state index is -0.351. The van der Waals surface area contributed by atoms with Gasteiger partial charge in [0.1, 0.15) is 11.4 Å². The molecule has 0 bridgehead atoms. The van der Waals surface area contributed by atoms with Gasteiger partial charge in [-0.3, -0.25) is 4.79 Å². The van der Waals surface area contributed by atoms with E-state index in [9.17, 15) is 4.79 Å². The molecule has 0 fully saturated rings. The summed E-state index contributed by atoms with van der Waals surface area (Å²) in [7, 11) is 0. The fraction of sp³-hybridized carbons (Fsp3) is 0.0417. The number of nitrogens with one attached hydrogen (secondary N) is 1. The number of para-hydroxylation sites is 1. The van der Waals surface area contributed by atoms with Crippen LogP contribution in [0.4, 0.5) is 0 Å². The molecule has 1 amide bonds. The molecule has 0 aliphatic heterocycles. The maximum atomic E-state index is 12.1. The van der Waals surface area contributed by atoms with Crippen LogP contribution in [0.2, 0.25) is 0 Å². The minimum Gasteiger partial charge on any atom is -0.484 e. The van der Waals surface area contributed by atoms with E-state index in [0.29, 0.717) is 5.75 Å². The van der Waals surface area contributed by atoms with Crippen LogP contribution in [0.15, 0.2) is 101 Å². The summed E-state index contributed by atoms with van der Waals surface area (Å²) in [5.41, 5.74) is 5.95. The molecule has 0 saturated carbocycles. The number of carbonyl (C=O) groups excluding carboxylic acids is 1. The summed E-state index contributed by atoms with van der Waals surface area (Å²) in [6.07, 6.45) is 3.47. The number of rotatable bonds is 7. The second-order valence-electron chi connectivity index (χ2n) is 6.61. The molecule has 0 aliphatic rings. The topological polar surface area (TPSA) is 68.5 Å². The molecule has 0 radical (unpaired) electrons. The van der Waals surface area contributed by atoms with E-state index in [-0.39, 0.29) is 12.5 Å². The first-order chi connectivity index (χ1) is 15.2. The lowest BCUT2D eigenvalue weighted by atomic mass is 10.1. The summed E-state index contributed by atoms with van der Waals surface area (Å²) in [5, 5.41) is 8.81. The molecule has 1 heterocycles. The lowest BCUT2D eigenvalue weighted by molar-refractivity contribution is -0.123. The summed E-state index contributed by atoms with van der Waals surface area (Å²) < 4.78 is 8.19. The molecule has 1 aromatic heterocycles. The maximum Gasteiger partial charge on any atom is 0.277 e. The van der Waals surface area contributed by atoms with E-state index in [1.54, 1.807) is 23.0 Å². The van der Waals surface area contributed by atoms with Crippen LogP contribution in [0.25, 0.3) is 16.9 Å². The van der Waals surface area contributed by atoms with Gasteiger partial charge in [-0.1, -0.05) is 64.5 Å². The van der Waals surface area contributed by atoms with Gasteiger partial charge in [0, 0.05) is 21.8 Å². The fourth-order valence-electron chi connectivity index (χ4n) is 2.90. The number of hydrazone groups is 1. The van der Waals surface area contributed by atoms with Crippen molar-refractivity contribution in [3.63, 3.8) is 0 Å². The van der Waals surface area contributed by atoms with Crippen LogP contribution in [0.1, 0.15) is 5.56 Å². The van der Waals surface area contributed by atoms with Gasteiger partial charge in [-0.15, -0.1) is 0 Å². The zero-order valence-corrected chi connectivity index (χ0v) is 18.1. The fourth-order valence-corrected chi connectivity index (χ4v) is 3.17. The van der Waals surface area contributed by atoms with E-state index in [1.807, 2.05) is 79.0 Å². The quantitative estimate of drug-likeness (QED) is 0.308. The van der Waals surface area contributed by atoms with Crippen molar-refractivity contribution in [1.29, 1.82) is 0 Å². The van der Waals surface area contributed by atoms with Crippen molar-refractivity contribution in [2.45, 2.75) is 0 Å². The summed E-state index contributed by atoms with van der Waals surface area (Å²) >= 11 is 3.36. The van der Waals surface area contributed by atoms with Crippen LogP contribution in [-0.2, 0) is 4.79 Å². The highest BCUT2D eigenvalue weighted by Gasteiger charge is 2.11. The molecule has 0 unspecified atom stereocenters. The zero-order chi connectivity index (χ0) is 21.5. The van der Waals surface area contributed by atoms with Crippen LogP contribution >= 0.6 is 15.9 Å². The van der Waals surface area contributed by atoms with Crippen molar-refractivity contribution in [1.82, 2.24) is 15.2 Å². The van der Waals surface area contributed by atoms with Crippen molar-refractivity contribution in [3.8, 4) is 22.7 Å². The molecule has 3 aromatic carbocycles. The van der Waals surface area contributed by atoms with E-state index >= 15 is 0 Å². The first-order valence-electron chi connectivity index (χ1n) is 9.60. The Morgan fingerprint density at radius 3 is 2.39 bits per heavy atom. The Balaban J connectivity index is 1.47. The van der Waals surface area contributed by atoms with Gasteiger partial charge in [-0.25, -0.2) is 10.1 Å². The van der Waals surface area contributed by atoms with Gasteiger partial charge < -0.3 is 4.74 Å². The van der Waals surface area contributed by atoms with E-state index in [2.05, 4.69) is 26.5 Å². The van der Waals surface area contributed by atoms with Crippen molar-refractivity contribution < 1.29 is 9.53 Å². The van der Waals surface area contributed by atoms with Crippen molar-refractivity contribution in [2.75, 3.05) is 6.61 Å². The summed E-state index contributed by atoms with van der Waals surface area (Å²) in [4.78, 5) is 12.1. The number of hydrogen-bond donors (Lipinski definition) is 1. The third kappa shape index (κ3) is 5.46. The molecule has 4 rings (SSSR count). The van der Waals surface area contributed by atoms with Gasteiger partial charge in [0.15, 0.2) is 6.61 Å². The third-order valence-corrected chi connectivity index (χ3v) is 4.92. The number of aromatic nitrogens is 2. The van der Waals surface area contributed by atoms with Crippen molar-refractivity contribution >= 4 is 28.1 Å². The molecule has 31 heavy (non-hydrogen) atoms. The molecule has 0 spiro atoms. The number of carbonyl (C=O) groups is 1. The van der Waals surface area contributed by atoms with Crippen LogP contribution in [0.5, 0.6) is 5.75 Å². The predicted octanol–water partition coefficient (Wildman–Crippen LogP) is 4.83. The van der Waals surface area contributed by atoms with Crippen LogP contribution in [0, 0.1) is 0 Å². The first kappa shape index (κ1) is 20.6. The van der Waals surface area contributed by atoms with Gasteiger partial charge in [0.2, 0.25) is 0 Å². The number of hydrogen-bond acceptors (Lipinski definition) is 4. The minimum absolute atomic E-state index is 0.131. The highest BCUT2D eigenvalue weighted by atomic mass is 79.9. The molecule has 6 nitrogen and oxygen atoms in total. The van der Waals surface area contributed by atoms with Gasteiger partial charge in [0.05, 0.1) is 11.9 Å². The normalized spacial score (nSPS) is 10.9. The standard InChI is InChI=1S/C24H19BrN4O2/c25-20-11-13-22(14-12-20)31-17-23(30)27-26-15-19-16-29(21-9-5-2-6-10-21)28-24(19)18-7-3-1-4-8-18/h1-16H,17H2,(H,27,30)/b26-15-. The predicted molar refractivity (Wildman–Crippen MR) is 124 cm³/mol. The van der Waals surface area contributed by atoms with Crippen LogP contribution in [0.3, 0.4) is 0 Å². The number of nitrogens with zero attached hydrogens (tertiary/aromatic N) is 3. The number of amides is 1. The largest absolute Gasteiger partial charge is 0.484 e. The van der Waals surface area contributed by atoms with Crippen LogP contribution < -0.4 is 10.2 Å². The van der Waals surface area contributed by atoms with Crippen LogP contribution in [-0.4, -0.2) is 28.5 Å². The van der Waals surface area contributed by atoms with Gasteiger partial charge >= 0.3 is 0 Å². The SMILES string of the molecule is O=C(COc1ccc(Br)cc1)N/N=C\c1cn(-c2ccccc2)nc1-c1ccccc1. The highest BCUT2D eigenvalue weighted by molar-refractivity contribution is 9.10. The summed E-state index contributed by atoms with van der Waals surface area (Å²) in [6.45, 7) is -0.131. The summed E-state index contributed by atoms with van der Waals surface area (Å²) in [5.74, 6) is 0.258. The number of halogens is 1. The van der Waals surface area contributed by atoms with E-state index in [0.717, 1.165) is 27.0 Å². The van der Waals surface area contributed by atoms with Crippen molar-refractivity contribution in [3.05, 3.63) is 101 Å². The smallest absolute Gasteiger partial charge is 0.277 e. The Bertz CT molecular complexity index is 1170. The average molecular weight is 475 g/mol. The van der Waals surface area contributed by atoms with E-state index in [1.165, 1.54) is 0 Å². The molecule has 154 valence electrons. The maximum absolute atomic E-state index is 12.1. The zero-order valence-electron chi connectivity index (χ0n) is 16.5. The lowest BCUT2D eigenvalue weighted by Gasteiger charge is -2.04. The van der Waals surface area contributed by atoms with Gasteiger partial charge in [-0.05, 0) is 36.4 Å². The highest BCUT2D eigenvalue weighted by Crippen LogP contribution is 2.22. The number of benzene rings is 3. The monoisotopic (exact) mass is 474 g/mol. The Morgan fingerprint density at radius 2 is 1.68 bits per heavy atom. The van der Waals surface area contributed by atoms with Gasteiger partial charge in [-0.2, -0.15) is 10.2 Å². The van der Waals surface area contributed by atoms with Crippen molar-refractivity contribution in [2.24, 2.45) is 5.10 Å². The third-order valence-electron chi connectivity index (χ3n) is 4.39. The molecule has 0 aliphatic carbocycles. The second kappa shape index (κ2) is 9.86. The van der Waals surface area contributed by atoms with E-state index < -0.39 is 0 Å². The molecule has 7 heteroatoms. The Kier molecular flexibility index (Phi) is 6.54. The average Bonchev–Trinajstić information content (AvgIpc) is 3.24. The molecular weight excluding hydrogens is 456 g/mol. The Hall–Kier alpha value is -3.71. The molecule has 4 aromatic rings. The first-order valence-corrected chi connectivity index (χ1v) is 10.4. The summed E-state index contributed by atoms with van der Waals surface area (Å²) in [6, 6.07) is 26.9. The molecule has 0 saturated heterocycles.